The van der Waals surface area contributed by atoms with Crippen LogP contribution in [0.2, 0.25) is 0 Å². The normalized spacial score (nSPS) is 12.5. The lowest BCUT2D eigenvalue weighted by Gasteiger charge is -2.13. The number of rotatable bonds is 5. The molecule has 3 amide bonds. The molecule has 0 saturated heterocycles. The van der Waals surface area contributed by atoms with Gasteiger partial charge < -0.3 is 10.1 Å². The van der Waals surface area contributed by atoms with Crippen LogP contribution in [0.25, 0.3) is 0 Å². The summed E-state index contributed by atoms with van der Waals surface area (Å²) in [6.45, 7) is 0. The average Bonchev–Trinajstić information content (AvgIpc) is 3.04. The van der Waals surface area contributed by atoms with Crippen LogP contribution in [0.15, 0.2) is 60.7 Å². The number of hydrogen-bond acceptors (Lipinski definition) is 6. The lowest BCUT2D eigenvalue weighted by Crippen LogP contribution is -2.29. The van der Waals surface area contributed by atoms with Crippen LogP contribution in [-0.4, -0.2) is 29.8 Å². The van der Waals surface area contributed by atoms with Crippen LogP contribution in [0.3, 0.4) is 0 Å². The highest BCUT2D eigenvalue weighted by Gasteiger charge is 2.37. The van der Waals surface area contributed by atoms with E-state index >= 15 is 0 Å². The van der Waals surface area contributed by atoms with Crippen molar-refractivity contribution in [3.8, 4) is 5.75 Å². The Hall–Kier alpha value is -4.60. The third-order valence-corrected chi connectivity index (χ3v) is 4.88. The molecular formula is C22H14FN3O6. The number of non-ortho nitro benzene ring substituents is 1. The SMILES string of the molecule is COc1cc([N+](=O)[O-])ccc1NC(=O)c1ccc2c(c1)C(=O)N(c1ccc(F)cc1)C2=O. The fourth-order valence-corrected chi connectivity index (χ4v) is 3.30. The van der Waals surface area contributed by atoms with Crippen LogP contribution in [0.5, 0.6) is 5.75 Å². The van der Waals surface area contributed by atoms with Gasteiger partial charge in [0.2, 0.25) is 0 Å². The van der Waals surface area contributed by atoms with Crippen LogP contribution in [0.4, 0.5) is 21.5 Å². The molecule has 0 aliphatic carbocycles. The predicted octanol–water partition coefficient (Wildman–Crippen LogP) is 3.80. The maximum atomic E-state index is 13.2. The highest BCUT2D eigenvalue weighted by Crippen LogP contribution is 2.31. The Kier molecular flexibility index (Phi) is 5.11. The molecule has 1 aliphatic heterocycles. The Balaban J connectivity index is 1.61. The predicted molar refractivity (Wildman–Crippen MR) is 112 cm³/mol. The molecule has 32 heavy (non-hydrogen) atoms. The number of hydrogen-bond donors (Lipinski definition) is 1. The Bertz CT molecular complexity index is 1290. The van der Waals surface area contributed by atoms with Gasteiger partial charge in [0.05, 0.1) is 40.6 Å². The first-order chi connectivity index (χ1) is 15.3. The van der Waals surface area contributed by atoms with Gasteiger partial charge in [0, 0.05) is 11.6 Å². The Morgan fingerprint density at radius 2 is 1.69 bits per heavy atom. The molecule has 3 aromatic rings. The molecule has 1 heterocycles. The minimum Gasteiger partial charge on any atom is -0.494 e. The zero-order chi connectivity index (χ0) is 23.0. The molecule has 10 heteroatoms. The van der Waals surface area contributed by atoms with Crippen molar-refractivity contribution in [3.63, 3.8) is 0 Å². The monoisotopic (exact) mass is 435 g/mol. The zero-order valence-electron chi connectivity index (χ0n) is 16.5. The highest BCUT2D eigenvalue weighted by molar-refractivity contribution is 6.34. The second-order valence-electron chi connectivity index (χ2n) is 6.78. The number of amides is 3. The number of nitro benzene ring substituents is 1. The highest BCUT2D eigenvalue weighted by atomic mass is 19.1. The third-order valence-electron chi connectivity index (χ3n) is 4.88. The Morgan fingerprint density at radius 3 is 2.34 bits per heavy atom. The van der Waals surface area contributed by atoms with Crippen LogP contribution in [0, 0.1) is 15.9 Å². The van der Waals surface area contributed by atoms with Crippen LogP contribution in [0.1, 0.15) is 31.1 Å². The van der Waals surface area contributed by atoms with E-state index in [-0.39, 0.29) is 39.5 Å². The number of carbonyl (C=O) groups excluding carboxylic acids is 3. The minimum absolute atomic E-state index is 0.0302. The van der Waals surface area contributed by atoms with Gasteiger partial charge in [0.15, 0.2) is 0 Å². The number of carbonyl (C=O) groups is 3. The van der Waals surface area contributed by atoms with E-state index in [1.165, 1.54) is 55.6 Å². The van der Waals surface area contributed by atoms with Gasteiger partial charge in [-0.05, 0) is 48.5 Å². The van der Waals surface area contributed by atoms with E-state index < -0.39 is 28.5 Å². The quantitative estimate of drug-likeness (QED) is 0.370. The van der Waals surface area contributed by atoms with Crippen molar-refractivity contribution < 1.29 is 28.4 Å². The summed E-state index contributed by atoms with van der Waals surface area (Å²) >= 11 is 0. The van der Waals surface area contributed by atoms with Gasteiger partial charge in [-0.2, -0.15) is 0 Å². The van der Waals surface area contributed by atoms with Crippen molar-refractivity contribution in [1.82, 2.24) is 0 Å². The maximum Gasteiger partial charge on any atom is 0.273 e. The first-order valence-corrected chi connectivity index (χ1v) is 9.22. The van der Waals surface area contributed by atoms with Gasteiger partial charge in [0.25, 0.3) is 23.4 Å². The topological polar surface area (TPSA) is 119 Å². The van der Waals surface area contributed by atoms with E-state index in [0.29, 0.717) is 0 Å². The second kappa shape index (κ2) is 7.91. The van der Waals surface area contributed by atoms with E-state index in [2.05, 4.69) is 5.32 Å². The number of ether oxygens (including phenoxy) is 1. The fraction of sp³-hybridized carbons (Fsp3) is 0.0455. The number of fused-ring (bicyclic) bond motifs is 1. The Morgan fingerprint density at radius 1 is 1.00 bits per heavy atom. The summed E-state index contributed by atoms with van der Waals surface area (Å²) in [7, 11) is 1.30. The summed E-state index contributed by atoms with van der Waals surface area (Å²) < 4.78 is 18.3. The molecule has 4 rings (SSSR count). The number of halogens is 1. The number of nitro groups is 1. The molecule has 0 radical (unpaired) electrons. The van der Waals surface area contributed by atoms with Crippen LogP contribution >= 0.6 is 0 Å². The van der Waals surface area contributed by atoms with Crippen molar-refractivity contribution in [2.75, 3.05) is 17.3 Å². The van der Waals surface area contributed by atoms with Crippen LogP contribution < -0.4 is 15.0 Å². The third kappa shape index (κ3) is 3.54. The summed E-state index contributed by atoms with van der Waals surface area (Å²) in [5.74, 6) is -2.26. The molecule has 0 aromatic heterocycles. The largest absolute Gasteiger partial charge is 0.494 e. The average molecular weight is 435 g/mol. The summed E-state index contributed by atoms with van der Waals surface area (Å²) in [5.41, 5.74) is 0.429. The van der Waals surface area contributed by atoms with Crippen molar-refractivity contribution >= 4 is 34.8 Å². The molecule has 160 valence electrons. The molecule has 0 fully saturated rings. The Labute approximate surface area is 180 Å². The smallest absolute Gasteiger partial charge is 0.273 e. The van der Waals surface area contributed by atoms with Gasteiger partial charge in [-0.15, -0.1) is 0 Å². The maximum absolute atomic E-state index is 13.2. The van der Waals surface area contributed by atoms with Gasteiger partial charge >= 0.3 is 0 Å². The first kappa shape index (κ1) is 20.7. The lowest BCUT2D eigenvalue weighted by atomic mass is 10.1. The number of imide groups is 1. The zero-order valence-corrected chi connectivity index (χ0v) is 16.5. The molecule has 1 aliphatic rings. The molecule has 0 saturated carbocycles. The number of nitrogens with zero attached hydrogens (tertiary/aromatic N) is 2. The molecule has 0 bridgehead atoms. The van der Waals surface area contributed by atoms with E-state index in [4.69, 9.17) is 4.74 Å². The van der Waals surface area contributed by atoms with Crippen molar-refractivity contribution in [1.29, 1.82) is 0 Å². The summed E-state index contributed by atoms with van der Waals surface area (Å²) in [6.07, 6.45) is 0. The molecule has 0 spiro atoms. The number of anilines is 2. The fourth-order valence-electron chi connectivity index (χ4n) is 3.30. The van der Waals surface area contributed by atoms with Crippen molar-refractivity contribution in [2.45, 2.75) is 0 Å². The number of nitrogens with one attached hydrogen (secondary N) is 1. The molecule has 0 unspecified atom stereocenters. The van der Waals surface area contributed by atoms with Crippen molar-refractivity contribution in [2.24, 2.45) is 0 Å². The molecule has 3 aromatic carbocycles. The summed E-state index contributed by atoms with van der Waals surface area (Å²) in [5, 5.41) is 13.5. The van der Waals surface area contributed by atoms with Gasteiger partial charge in [-0.1, -0.05) is 0 Å². The van der Waals surface area contributed by atoms with Crippen molar-refractivity contribution in [3.05, 3.63) is 93.3 Å². The van der Waals surface area contributed by atoms with E-state index in [9.17, 15) is 28.9 Å². The van der Waals surface area contributed by atoms with E-state index in [0.717, 1.165) is 17.0 Å². The lowest BCUT2D eigenvalue weighted by molar-refractivity contribution is -0.384. The second-order valence-corrected chi connectivity index (χ2v) is 6.78. The molecular weight excluding hydrogens is 421 g/mol. The number of methoxy groups -OCH3 is 1. The molecule has 0 atom stereocenters. The summed E-state index contributed by atoms with van der Waals surface area (Å²) in [4.78, 5) is 49.5. The van der Waals surface area contributed by atoms with E-state index in [1.807, 2.05) is 0 Å². The van der Waals surface area contributed by atoms with Gasteiger partial charge in [0.1, 0.15) is 11.6 Å². The number of benzene rings is 3. The molecule has 9 nitrogen and oxygen atoms in total. The van der Waals surface area contributed by atoms with Gasteiger partial charge in [-0.3, -0.25) is 24.5 Å². The minimum atomic E-state index is -0.640. The van der Waals surface area contributed by atoms with E-state index in [1.54, 1.807) is 0 Å². The standard InChI is InChI=1S/C22H14FN3O6/c1-32-19-11-15(26(30)31)7-9-18(19)24-20(27)12-2-8-16-17(10-12)22(29)25(21(16)28)14-5-3-13(23)4-6-14/h2-11H,1H3,(H,24,27). The van der Waals surface area contributed by atoms with Gasteiger partial charge in [-0.25, -0.2) is 9.29 Å². The molecule has 1 N–H and O–H groups in total. The first-order valence-electron chi connectivity index (χ1n) is 9.22. The van der Waals surface area contributed by atoms with Crippen LogP contribution in [-0.2, 0) is 0 Å². The summed E-state index contributed by atoms with van der Waals surface area (Å²) in [6, 6.07) is 12.6.